The number of nitriles is 1. The third-order valence-corrected chi connectivity index (χ3v) is 2.27. The van der Waals surface area contributed by atoms with Crippen molar-refractivity contribution in [3.8, 4) is 23.3 Å². The van der Waals surface area contributed by atoms with Gasteiger partial charge in [-0.3, -0.25) is 0 Å². The molecule has 0 bridgehead atoms. The Morgan fingerprint density at radius 1 is 1.28 bits per heavy atom. The van der Waals surface area contributed by atoms with E-state index in [1.807, 2.05) is 6.92 Å². The molecule has 0 fully saturated rings. The Morgan fingerprint density at radius 3 is 2.22 bits per heavy atom. The zero-order chi connectivity index (χ0) is 13.5. The first-order valence-electron chi connectivity index (χ1n) is 5.51. The average molecular weight is 247 g/mol. The molecule has 0 saturated heterocycles. The minimum atomic E-state index is 0.299. The van der Waals surface area contributed by atoms with E-state index in [1.165, 1.54) is 0 Å². The van der Waals surface area contributed by atoms with E-state index < -0.39 is 0 Å². The summed E-state index contributed by atoms with van der Waals surface area (Å²) in [6, 6.07) is 5.64. The lowest BCUT2D eigenvalue weighted by atomic mass is 10.1. The number of hydrogen-bond acceptors (Lipinski definition) is 4. The van der Waals surface area contributed by atoms with Crippen LogP contribution in [0.5, 0.6) is 17.2 Å². The van der Waals surface area contributed by atoms with Crippen LogP contribution in [-0.4, -0.2) is 20.8 Å². The maximum atomic E-state index is 8.72. The monoisotopic (exact) mass is 247 g/mol. The van der Waals surface area contributed by atoms with Crippen molar-refractivity contribution in [2.75, 3.05) is 20.8 Å². The van der Waals surface area contributed by atoms with Crippen molar-refractivity contribution in [1.29, 1.82) is 5.26 Å². The van der Waals surface area contributed by atoms with E-state index in [2.05, 4.69) is 12.6 Å². The molecule has 0 heterocycles. The summed E-state index contributed by atoms with van der Waals surface area (Å²) in [7, 11) is 3.11. The van der Waals surface area contributed by atoms with Gasteiger partial charge in [-0.25, -0.2) is 0 Å². The van der Waals surface area contributed by atoms with Crippen LogP contribution in [0.4, 0.5) is 0 Å². The molecule has 1 rings (SSSR count). The van der Waals surface area contributed by atoms with Crippen molar-refractivity contribution in [3.63, 3.8) is 0 Å². The molecule has 0 aliphatic heterocycles. The molecule has 0 amide bonds. The first kappa shape index (κ1) is 13.9. The number of methoxy groups -OCH3 is 2. The number of benzene rings is 1. The van der Waals surface area contributed by atoms with E-state index in [0.29, 0.717) is 30.3 Å². The second-order valence-electron chi connectivity index (χ2n) is 3.91. The quantitative estimate of drug-likeness (QED) is 0.725. The molecule has 4 nitrogen and oxygen atoms in total. The maximum absolute atomic E-state index is 8.72. The van der Waals surface area contributed by atoms with Crippen molar-refractivity contribution in [2.45, 2.75) is 13.3 Å². The van der Waals surface area contributed by atoms with Crippen molar-refractivity contribution < 1.29 is 14.2 Å². The molecule has 0 atom stereocenters. The van der Waals surface area contributed by atoms with Crippen molar-refractivity contribution >= 4 is 0 Å². The third-order valence-electron chi connectivity index (χ3n) is 2.27. The molecule has 0 saturated carbocycles. The van der Waals surface area contributed by atoms with Gasteiger partial charge < -0.3 is 14.2 Å². The Labute approximate surface area is 107 Å². The normalized spacial score (nSPS) is 9.44. The Bertz CT molecular complexity index is 449. The molecular formula is C14H17NO3. The Balaban J connectivity index is 3.13. The SMILES string of the molecule is C=C(C)COc1c(OC)cc(CC#N)cc1OC. The lowest BCUT2D eigenvalue weighted by Crippen LogP contribution is -2.02. The van der Waals surface area contributed by atoms with Crippen LogP contribution >= 0.6 is 0 Å². The second kappa shape index (κ2) is 6.55. The summed E-state index contributed by atoms with van der Waals surface area (Å²) in [6.45, 7) is 6.05. The van der Waals surface area contributed by atoms with E-state index in [0.717, 1.165) is 11.1 Å². The zero-order valence-electron chi connectivity index (χ0n) is 10.9. The standard InChI is InChI=1S/C14H17NO3/c1-10(2)9-18-14-12(16-3)7-11(5-6-15)8-13(14)17-4/h7-8H,1,5,9H2,2-4H3. The van der Waals surface area contributed by atoms with E-state index >= 15 is 0 Å². The molecule has 0 aliphatic carbocycles. The van der Waals surface area contributed by atoms with Crippen LogP contribution in [0.2, 0.25) is 0 Å². The Hall–Kier alpha value is -2.15. The molecule has 1 aromatic rings. The van der Waals surface area contributed by atoms with Gasteiger partial charge in [0.1, 0.15) is 6.61 Å². The molecule has 0 unspecified atom stereocenters. The van der Waals surface area contributed by atoms with Gasteiger partial charge in [-0.2, -0.15) is 5.26 Å². The summed E-state index contributed by atoms with van der Waals surface area (Å²) in [5.41, 5.74) is 1.73. The fourth-order valence-corrected chi connectivity index (χ4v) is 1.47. The lowest BCUT2D eigenvalue weighted by molar-refractivity contribution is 0.295. The summed E-state index contributed by atoms with van der Waals surface area (Å²) in [5, 5.41) is 8.72. The van der Waals surface area contributed by atoms with Gasteiger partial charge in [0.15, 0.2) is 11.5 Å². The third kappa shape index (κ3) is 3.42. The first-order valence-corrected chi connectivity index (χ1v) is 5.51. The zero-order valence-corrected chi connectivity index (χ0v) is 10.9. The van der Waals surface area contributed by atoms with Gasteiger partial charge in [0.25, 0.3) is 0 Å². The summed E-state index contributed by atoms with van der Waals surface area (Å²) >= 11 is 0. The average Bonchev–Trinajstić information content (AvgIpc) is 2.36. The van der Waals surface area contributed by atoms with Crippen molar-refractivity contribution in [3.05, 3.63) is 29.8 Å². The predicted molar refractivity (Wildman–Crippen MR) is 69.2 cm³/mol. The van der Waals surface area contributed by atoms with E-state index in [1.54, 1.807) is 26.4 Å². The molecule has 4 heteroatoms. The highest BCUT2D eigenvalue weighted by Gasteiger charge is 2.14. The van der Waals surface area contributed by atoms with Crippen LogP contribution in [-0.2, 0) is 6.42 Å². The molecule has 0 radical (unpaired) electrons. The maximum Gasteiger partial charge on any atom is 0.203 e. The highest BCUT2D eigenvalue weighted by molar-refractivity contribution is 5.54. The number of nitrogens with zero attached hydrogens (tertiary/aromatic N) is 1. The molecule has 18 heavy (non-hydrogen) atoms. The highest BCUT2D eigenvalue weighted by atomic mass is 16.5. The molecule has 1 aromatic carbocycles. The largest absolute Gasteiger partial charge is 0.493 e. The van der Waals surface area contributed by atoms with Crippen LogP contribution in [0, 0.1) is 11.3 Å². The molecule has 0 aromatic heterocycles. The van der Waals surface area contributed by atoms with Crippen LogP contribution in [0.25, 0.3) is 0 Å². The van der Waals surface area contributed by atoms with Gasteiger partial charge in [0, 0.05) is 0 Å². The van der Waals surface area contributed by atoms with Crippen LogP contribution in [0.3, 0.4) is 0 Å². The van der Waals surface area contributed by atoms with Gasteiger partial charge >= 0.3 is 0 Å². The van der Waals surface area contributed by atoms with E-state index in [9.17, 15) is 0 Å². The van der Waals surface area contributed by atoms with E-state index in [4.69, 9.17) is 19.5 Å². The lowest BCUT2D eigenvalue weighted by Gasteiger charge is -2.15. The Morgan fingerprint density at radius 2 is 1.83 bits per heavy atom. The first-order chi connectivity index (χ1) is 8.62. The summed E-state index contributed by atoms with van der Waals surface area (Å²) in [6.07, 6.45) is 0.299. The fourth-order valence-electron chi connectivity index (χ4n) is 1.47. The smallest absolute Gasteiger partial charge is 0.203 e. The summed E-state index contributed by atoms with van der Waals surface area (Å²) in [5.74, 6) is 1.64. The fraction of sp³-hybridized carbons (Fsp3) is 0.357. The van der Waals surface area contributed by atoms with Gasteiger partial charge in [0.05, 0.1) is 26.7 Å². The second-order valence-corrected chi connectivity index (χ2v) is 3.91. The minimum absolute atomic E-state index is 0.299. The number of hydrogen-bond donors (Lipinski definition) is 0. The van der Waals surface area contributed by atoms with Crippen LogP contribution in [0.1, 0.15) is 12.5 Å². The van der Waals surface area contributed by atoms with E-state index in [-0.39, 0.29) is 0 Å². The molecule has 0 spiro atoms. The van der Waals surface area contributed by atoms with Gasteiger partial charge in [0.2, 0.25) is 5.75 Å². The Kier molecular flexibility index (Phi) is 5.06. The number of ether oxygens (including phenoxy) is 3. The van der Waals surface area contributed by atoms with Crippen molar-refractivity contribution in [2.24, 2.45) is 0 Å². The molecule has 0 N–H and O–H groups in total. The molecule has 96 valence electrons. The van der Waals surface area contributed by atoms with Crippen molar-refractivity contribution in [1.82, 2.24) is 0 Å². The topological polar surface area (TPSA) is 51.5 Å². The van der Waals surface area contributed by atoms with Gasteiger partial charge in [-0.05, 0) is 30.2 Å². The minimum Gasteiger partial charge on any atom is -0.493 e. The molecule has 0 aliphatic rings. The summed E-state index contributed by atoms with van der Waals surface area (Å²) < 4.78 is 16.1. The van der Waals surface area contributed by atoms with Gasteiger partial charge in [-0.1, -0.05) is 6.58 Å². The van der Waals surface area contributed by atoms with Gasteiger partial charge in [-0.15, -0.1) is 0 Å². The predicted octanol–water partition coefficient (Wildman–Crippen LogP) is 2.72. The van der Waals surface area contributed by atoms with Crippen LogP contribution < -0.4 is 14.2 Å². The summed E-state index contributed by atoms with van der Waals surface area (Å²) in [4.78, 5) is 0. The number of rotatable bonds is 6. The van der Waals surface area contributed by atoms with Crippen LogP contribution in [0.15, 0.2) is 24.3 Å². The molecular weight excluding hydrogens is 230 g/mol. The highest BCUT2D eigenvalue weighted by Crippen LogP contribution is 2.38.